The monoisotopic (exact) mass is 287 g/mol. The lowest BCUT2D eigenvalue weighted by atomic mass is 9.86. The molecule has 0 N–H and O–H groups in total. The van der Waals surface area contributed by atoms with E-state index < -0.39 is 0 Å². The summed E-state index contributed by atoms with van der Waals surface area (Å²) in [5.41, 5.74) is 2.05. The number of nitrogens with zero attached hydrogens (tertiary/aromatic N) is 1. The lowest BCUT2D eigenvalue weighted by molar-refractivity contribution is -0.121. The van der Waals surface area contributed by atoms with Crippen LogP contribution in [-0.2, 0) is 10.2 Å². The van der Waals surface area contributed by atoms with E-state index >= 15 is 0 Å². The van der Waals surface area contributed by atoms with Gasteiger partial charge < -0.3 is 4.90 Å². The largest absolute Gasteiger partial charge is 0.339 e. The molecule has 1 aliphatic carbocycles. The summed E-state index contributed by atoms with van der Waals surface area (Å²) in [7, 11) is 1.85. The van der Waals surface area contributed by atoms with E-state index in [4.69, 9.17) is 0 Å². The number of Topliss-reactive ketones (excluding diaryl/α,β-unsaturated/α-hetero) is 1. The van der Waals surface area contributed by atoms with Gasteiger partial charge in [-0.15, -0.1) is 0 Å². The van der Waals surface area contributed by atoms with E-state index in [9.17, 15) is 9.59 Å². The molecule has 0 aliphatic heterocycles. The molecule has 0 aromatic heterocycles. The van der Waals surface area contributed by atoms with Crippen LogP contribution in [0.15, 0.2) is 24.3 Å². The normalized spacial score (nSPS) is 16.9. The zero-order chi connectivity index (χ0) is 15.6. The summed E-state index contributed by atoms with van der Waals surface area (Å²) in [5.74, 6) is 0.372. The van der Waals surface area contributed by atoms with Crippen LogP contribution < -0.4 is 0 Å². The van der Waals surface area contributed by atoms with Crippen LogP contribution in [0, 0.1) is 0 Å². The minimum absolute atomic E-state index is 0.0507. The zero-order valence-corrected chi connectivity index (χ0v) is 13.5. The molecule has 1 aliphatic rings. The summed E-state index contributed by atoms with van der Waals surface area (Å²) in [6.45, 7) is 6.49. The molecular weight excluding hydrogens is 262 g/mol. The molecule has 1 fully saturated rings. The third-order valence-electron chi connectivity index (χ3n) is 4.38. The molecule has 3 nitrogen and oxygen atoms in total. The lowest BCUT2D eigenvalue weighted by Gasteiger charge is -2.31. The number of rotatable bonds is 2. The number of carbonyl (C=O) groups excluding carboxylic acids is 2. The molecule has 1 aromatic carbocycles. The predicted molar refractivity (Wildman–Crippen MR) is 84.5 cm³/mol. The van der Waals surface area contributed by atoms with Crippen LogP contribution in [-0.4, -0.2) is 29.7 Å². The first-order valence-electron chi connectivity index (χ1n) is 7.68. The van der Waals surface area contributed by atoms with E-state index in [0.29, 0.717) is 18.6 Å². The Morgan fingerprint density at radius 3 is 2.10 bits per heavy atom. The Bertz CT molecular complexity index is 515. The summed E-state index contributed by atoms with van der Waals surface area (Å²) >= 11 is 0. The highest BCUT2D eigenvalue weighted by Gasteiger charge is 2.26. The van der Waals surface area contributed by atoms with Crippen LogP contribution in [0.2, 0.25) is 0 Å². The van der Waals surface area contributed by atoms with Crippen molar-refractivity contribution in [2.45, 2.75) is 57.9 Å². The van der Waals surface area contributed by atoms with Gasteiger partial charge in [-0.1, -0.05) is 32.9 Å². The molecule has 0 radical (unpaired) electrons. The van der Waals surface area contributed by atoms with Crippen molar-refractivity contribution in [3.63, 3.8) is 0 Å². The third kappa shape index (κ3) is 3.72. The van der Waals surface area contributed by atoms with Crippen molar-refractivity contribution in [1.82, 2.24) is 4.90 Å². The summed E-state index contributed by atoms with van der Waals surface area (Å²) in [4.78, 5) is 25.6. The fourth-order valence-electron chi connectivity index (χ4n) is 2.79. The molecule has 21 heavy (non-hydrogen) atoms. The topological polar surface area (TPSA) is 37.4 Å². The smallest absolute Gasteiger partial charge is 0.253 e. The van der Waals surface area contributed by atoms with Gasteiger partial charge in [0.1, 0.15) is 5.78 Å². The SMILES string of the molecule is CN(C(=O)c1ccc(C(C)(C)C)cc1)C1CCC(=O)CC1. The Kier molecular flexibility index (Phi) is 4.50. The highest BCUT2D eigenvalue weighted by molar-refractivity contribution is 5.94. The van der Waals surface area contributed by atoms with E-state index in [0.717, 1.165) is 18.4 Å². The standard InChI is InChI=1S/C18H25NO2/c1-18(2,3)14-7-5-13(6-8-14)17(21)19(4)15-9-11-16(20)12-10-15/h5-8,15H,9-12H2,1-4H3. The minimum atomic E-state index is 0.0507. The molecule has 3 heteroatoms. The molecule has 0 atom stereocenters. The van der Waals surface area contributed by atoms with Crippen molar-refractivity contribution >= 4 is 11.7 Å². The maximum atomic E-state index is 12.5. The van der Waals surface area contributed by atoms with Gasteiger partial charge in [-0.25, -0.2) is 0 Å². The second-order valence-corrected chi connectivity index (χ2v) is 7.01. The molecular formula is C18H25NO2. The van der Waals surface area contributed by atoms with Gasteiger partial charge in [-0.3, -0.25) is 9.59 Å². The lowest BCUT2D eigenvalue weighted by Crippen LogP contribution is -2.39. The maximum absolute atomic E-state index is 12.5. The second-order valence-electron chi connectivity index (χ2n) is 7.01. The quantitative estimate of drug-likeness (QED) is 0.834. The Morgan fingerprint density at radius 2 is 1.62 bits per heavy atom. The summed E-state index contributed by atoms with van der Waals surface area (Å²) in [5, 5.41) is 0. The van der Waals surface area contributed by atoms with Gasteiger partial charge in [0, 0.05) is 31.5 Å². The van der Waals surface area contributed by atoms with E-state index in [-0.39, 0.29) is 17.4 Å². The third-order valence-corrected chi connectivity index (χ3v) is 4.38. The molecule has 1 aromatic rings. The van der Waals surface area contributed by atoms with Crippen LogP contribution in [0.5, 0.6) is 0 Å². The van der Waals surface area contributed by atoms with Crippen LogP contribution in [0.1, 0.15) is 62.4 Å². The van der Waals surface area contributed by atoms with Gasteiger partial charge in [0.05, 0.1) is 0 Å². The van der Waals surface area contributed by atoms with E-state index in [1.165, 1.54) is 5.56 Å². The van der Waals surface area contributed by atoms with Crippen molar-refractivity contribution in [2.75, 3.05) is 7.05 Å². The van der Waals surface area contributed by atoms with Gasteiger partial charge in [0.2, 0.25) is 0 Å². The summed E-state index contributed by atoms with van der Waals surface area (Å²) < 4.78 is 0. The molecule has 2 rings (SSSR count). The first-order chi connectivity index (χ1) is 9.79. The van der Waals surface area contributed by atoms with E-state index in [2.05, 4.69) is 20.8 Å². The van der Waals surface area contributed by atoms with Crippen molar-refractivity contribution in [1.29, 1.82) is 0 Å². The molecule has 0 heterocycles. The van der Waals surface area contributed by atoms with E-state index in [1.54, 1.807) is 4.90 Å². The van der Waals surface area contributed by atoms with Gasteiger partial charge in [-0.2, -0.15) is 0 Å². The van der Waals surface area contributed by atoms with Crippen molar-refractivity contribution in [3.05, 3.63) is 35.4 Å². The highest BCUT2D eigenvalue weighted by atomic mass is 16.2. The van der Waals surface area contributed by atoms with Gasteiger partial charge in [-0.05, 0) is 36.0 Å². The van der Waals surface area contributed by atoms with Crippen LogP contribution in [0.4, 0.5) is 0 Å². The predicted octanol–water partition coefficient (Wildman–Crippen LogP) is 3.57. The van der Waals surface area contributed by atoms with E-state index in [1.807, 2.05) is 31.3 Å². The number of amides is 1. The summed E-state index contributed by atoms with van der Waals surface area (Å²) in [6.07, 6.45) is 2.79. The Morgan fingerprint density at radius 1 is 1.10 bits per heavy atom. The minimum Gasteiger partial charge on any atom is -0.339 e. The zero-order valence-electron chi connectivity index (χ0n) is 13.5. The Hall–Kier alpha value is -1.64. The second kappa shape index (κ2) is 6.00. The fraction of sp³-hybridized carbons (Fsp3) is 0.556. The molecule has 0 spiro atoms. The van der Waals surface area contributed by atoms with Crippen LogP contribution in [0.3, 0.4) is 0 Å². The summed E-state index contributed by atoms with van der Waals surface area (Å²) in [6, 6.07) is 8.08. The molecule has 0 bridgehead atoms. The molecule has 0 saturated heterocycles. The van der Waals surface area contributed by atoms with Crippen LogP contribution in [0.25, 0.3) is 0 Å². The molecule has 114 valence electrons. The maximum Gasteiger partial charge on any atom is 0.253 e. The van der Waals surface area contributed by atoms with Crippen LogP contribution >= 0.6 is 0 Å². The Balaban J connectivity index is 2.07. The highest BCUT2D eigenvalue weighted by Crippen LogP contribution is 2.24. The average Bonchev–Trinajstić information content (AvgIpc) is 2.46. The molecule has 1 amide bonds. The fourth-order valence-corrected chi connectivity index (χ4v) is 2.79. The Labute approximate surface area is 127 Å². The number of benzene rings is 1. The van der Waals surface area contributed by atoms with Gasteiger partial charge in [0.15, 0.2) is 0 Å². The first-order valence-corrected chi connectivity index (χ1v) is 7.68. The number of hydrogen-bond donors (Lipinski definition) is 0. The number of ketones is 1. The van der Waals surface area contributed by atoms with Crippen molar-refractivity contribution in [3.8, 4) is 0 Å². The average molecular weight is 287 g/mol. The molecule has 0 unspecified atom stereocenters. The first kappa shape index (κ1) is 15.7. The number of carbonyl (C=O) groups is 2. The van der Waals surface area contributed by atoms with Gasteiger partial charge >= 0.3 is 0 Å². The molecule has 1 saturated carbocycles. The number of hydrogen-bond acceptors (Lipinski definition) is 2. The van der Waals surface area contributed by atoms with Crippen molar-refractivity contribution < 1.29 is 9.59 Å². The van der Waals surface area contributed by atoms with Crippen molar-refractivity contribution in [2.24, 2.45) is 0 Å². The van der Waals surface area contributed by atoms with Gasteiger partial charge in [0.25, 0.3) is 5.91 Å².